The van der Waals surface area contributed by atoms with E-state index >= 15 is 0 Å². The molecule has 5 heteroatoms. The number of rotatable bonds is 8. The summed E-state index contributed by atoms with van der Waals surface area (Å²) in [5.74, 6) is 0.856. The predicted octanol–water partition coefficient (Wildman–Crippen LogP) is 4.69. The average Bonchev–Trinajstić information content (AvgIpc) is 3.00. The van der Waals surface area contributed by atoms with E-state index in [2.05, 4.69) is 21.2 Å². The van der Waals surface area contributed by atoms with Gasteiger partial charge in [-0.25, -0.2) is 0 Å². The minimum Gasteiger partial charge on any atom is -0.481 e. The van der Waals surface area contributed by atoms with Crippen LogP contribution in [0.15, 0.2) is 45.3 Å². The summed E-state index contributed by atoms with van der Waals surface area (Å²) in [6, 6.07) is 11.8. The molecule has 1 aromatic carbocycles. The smallest absolute Gasteiger partial charge is 0.310 e. The van der Waals surface area contributed by atoms with Gasteiger partial charge in [-0.1, -0.05) is 41.9 Å². The van der Waals surface area contributed by atoms with Crippen molar-refractivity contribution in [3.8, 4) is 11.3 Å². The van der Waals surface area contributed by atoms with Gasteiger partial charge in [0.2, 0.25) is 0 Å². The number of carbonyl (C=O) groups is 1. The number of benzene rings is 1. The SMILES string of the molecule is CCC(CC)(CNCc1ccc(-c2cccc(Br)c2)o1)C(=O)O. The molecular formula is C18H22BrNO3. The second kappa shape index (κ2) is 7.79. The molecule has 0 aliphatic carbocycles. The zero-order valence-corrected chi connectivity index (χ0v) is 15.0. The molecule has 0 aliphatic heterocycles. The van der Waals surface area contributed by atoms with Crippen LogP contribution in [-0.2, 0) is 11.3 Å². The third-order valence-corrected chi connectivity index (χ3v) is 4.83. The van der Waals surface area contributed by atoms with E-state index in [0.717, 1.165) is 21.6 Å². The van der Waals surface area contributed by atoms with Crippen molar-refractivity contribution in [2.75, 3.05) is 6.54 Å². The number of furan rings is 1. The third kappa shape index (κ3) is 4.24. The van der Waals surface area contributed by atoms with Gasteiger partial charge in [0.25, 0.3) is 0 Å². The maximum Gasteiger partial charge on any atom is 0.310 e. The van der Waals surface area contributed by atoms with Crippen molar-refractivity contribution < 1.29 is 14.3 Å². The van der Waals surface area contributed by atoms with Crippen LogP contribution in [0, 0.1) is 5.41 Å². The average molecular weight is 380 g/mol. The summed E-state index contributed by atoms with van der Waals surface area (Å²) in [6.45, 7) is 4.78. The van der Waals surface area contributed by atoms with Gasteiger partial charge >= 0.3 is 5.97 Å². The first kappa shape index (κ1) is 17.8. The molecule has 0 amide bonds. The summed E-state index contributed by atoms with van der Waals surface area (Å²) in [5.41, 5.74) is 0.298. The fraction of sp³-hybridized carbons (Fsp3) is 0.389. The second-order valence-corrected chi connectivity index (χ2v) is 6.59. The van der Waals surface area contributed by atoms with Crippen LogP contribution in [-0.4, -0.2) is 17.6 Å². The van der Waals surface area contributed by atoms with Gasteiger partial charge in [-0.3, -0.25) is 4.79 Å². The van der Waals surface area contributed by atoms with E-state index in [1.807, 2.05) is 50.2 Å². The lowest BCUT2D eigenvalue weighted by atomic mass is 9.82. The molecule has 2 aromatic rings. The van der Waals surface area contributed by atoms with Crippen molar-refractivity contribution in [3.05, 3.63) is 46.6 Å². The molecule has 0 atom stereocenters. The molecule has 23 heavy (non-hydrogen) atoms. The number of hydrogen-bond acceptors (Lipinski definition) is 3. The zero-order valence-electron chi connectivity index (χ0n) is 13.4. The summed E-state index contributed by atoms with van der Waals surface area (Å²) < 4.78 is 6.84. The van der Waals surface area contributed by atoms with Crippen molar-refractivity contribution in [1.82, 2.24) is 5.32 Å². The number of halogens is 1. The minimum absolute atomic E-state index is 0.433. The Hall–Kier alpha value is -1.59. The van der Waals surface area contributed by atoms with E-state index in [1.165, 1.54) is 0 Å². The normalized spacial score (nSPS) is 11.6. The Labute approximate surface area is 145 Å². The van der Waals surface area contributed by atoms with Gasteiger partial charge in [0.15, 0.2) is 0 Å². The molecule has 0 spiro atoms. The molecule has 1 aromatic heterocycles. The molecular weight excluding hydrogens is 358 g/mol. The van der Waals surface area contributed by atoms with Crippen molar-refractivity contribution in [2.24, 2.45) is 5.41 Å². The summed E-state index contributed by atoms with van der Waals surface area (Å²) >= 11 is 3.45. The van der Waals surface area contributed by atoms with Crippen LogP contribution in [0.5, 0.6) is 0 Å². The maximum absolute atomic E-state index is 11.5. The van der Waals surface area contributed by atoms with E-state index in [4.69, 9.17) is 4.42 Å². The van der Waals surface area contributed by atoms with E-state index < -0.39 is 11.4 Å². The van der Waals surface area contributed by atoms with Crippen molar-refractivity contribution in [2.45, 2.75) is 33.2 Å². The van der Waals surface area contributed by atoms with Crippen molar-refractivity contribution >= 4 is 21.9 Å². The highest BCUT2D eigenvalue weighted by Gasteiger charge is 2.34. The van der Waals surface area contributed by atoms with Gasteiger partial charge in [0.05, 0.1) is 12.0 Å². The Morgan fingerprint density at radius 3 is 2.61 bits per heavy atom. The minimum atomic E-state index is -0.746. The Morgan fingerprint density at radius 1 is 1.26 bits per heavy atom. The van der Waals surface area contributed by atoms with Crippen molar-refractivity contribution in [1.29, 1.82) is 0 Å². The van der Waals surface area contributed by atoms with Crippen LogP contribution < -0.4 is 5.32 Å². The molecule has 2 rings (SSSR count). The van der Waals surface area contributed by atoms with Gasteiger partial charge in [-0.15, -0.1) is 0 Å². The van der Waals surface area contributed by atoms with Gasteiger partial charge in [0.1, 0.15) is 11.5 Å². The predicted molar refractivity (Wildman–Crippen MR) is 94.2 cm³/mol. The van der Waals surface area contributed by atoms with Crippen molar-refractivity contribution in [3.63, 3.8) is 0 Å². The number of aliphatic carboxylic acids is 1. The van der Waals surface area contributed by atoms with Crippen LogP contribution in [0.4, 0.5) is 0 Å². The van der Waals surface area contributed by atoms with E-state index in [9.17, 15) is 9.90 Å². The van der Waals surface area contributed by atoms with Gasteiger partial charge in [0, 0.05) is 16.6 Å². The zero-order chi connectivity index (χ0) is 16.9. The first-order chi connectivity index (χ1) is 11.0. The molecule has 0 saturated carbocycles. The lowest BCUT2D eigenvalue weighted by molar-refractivity contribution is -0.149. The first-order valence-electron chi connectivity index (χ1n) is 7.79. The third-order valence-electron chi connectivity index (χ3n) is 4.34. The standard InChI is InChI=1S/C18H22BrNO3/c1-3-18(4-2,17(21)22)12-20-11-15-8-9-16(23-15)13-6-5-7-14(19)10-13/h5-10,20H,3-4,11-12H2,1-2H3,(H,21,22). The second-order valence-electron chi connectivity index (χ2n) is 5.67. The summed E-state index contributed by atoms with van der Waals surface area (Å²) in [5, 5.41) is 12.6. The summed E-state index contributed by atoms with van der Waals surface area (Å²) in [4.78, 5) is 11.5. The summed E-state index contributed by atoms with van der Waals surface area (Å²) in [7, 11) is 0. The van der Waals surface area contributed by atoms with E-state index in [0.29, 0.717) is 25.9 Å². The topological polar surface area (TPSA) is 62.5 Å². The molecule has 0 aliphatic rings. The molecule has 4 nitrogen and oxygen atoms in total. The highest BCUT2D eigenvalue weighted by atomic mass is 79.9. The molecule has 0 saturated heterocycles. The molecule has 1 heterocycles. The number of carboxylic acid groups (broad SMARTS) is 1. The van der Waals surface area contributed by atoms with Crippen LogP contribution in [0.1, 0.15) is 32.4 Å². The van der Waals surface area contributed by atoms with Crippen LogP contribution >= 0.6 is 15.9 Å². The molecule has 0 unspecified atom stereocenters. The number of carboxylic acids is 1. The molecule has 0 fully saturated rings. The molecule has 124 valence electrons. The van der Waals surface area contributed by atoms with Gasteiger partial charge in [-0.05, 0) is 37.1 Å². The Balaban J connectivity index is 1.99. The molecule has 0 bridgehead atoms. The highest BCUT2D eigenvalue weighted by Crippen LogP contribution is 2.27. The van der Waals surface area contributed by atoms with E-state index in [1.54, 1.807) is 0 Å². The quantitative estimate of drug-likeness (QED) is 0.698. The number of nitrogens with one attached hydrogen (secondary N) is 1. The van der Waals surface area contributed by atoms with Gasteiger partial charge in [-0.2, -0.15) is 0 Å². The monoisotopic (exact) mass is 379 g/mol. The lowest BCUT2D eigenvalue weighted by Gasteiger charge is -2.26. The summed E-state index contributed by atoms with van der Waals surface area (Å²) in [6.07, 6.45) is 1.21. The largest absolute Gasteiger partial charge is 0.481 e. The fourth-order valence-electron chi connectivity index (χ4n) is 2.57. The Kier molecular flexibility index (Phi) is 6.02. The van der Waals surface area contributed by atoms with Crippen LogP contribution in [0.25, 0.3) is 11.3 Å². The van der Waals surface area contributed by atoms with Crippen LogP contribution in [0.2, 0.25) is 0 Å². The lowest BCUT2D eigenvalue weighted by Crippen LogP contribution is -2.39. The van der Waals surface area contributed by atoms with Crippen LogP contribution in [0.3, 0.4) is 0 Å². The fourth-order valence-corrected chi connectivity index (χ4v) is 2.97. The molecule has 0 radical (unpaired) electrons. The maximum atomic E-state index is 11.5. The van der Waals surface area contributed by atoms with E-state index in [-0.39, 0.29) is 0 Å². The Bertz CT molecular complexity index is 662. The van der Waals surface area contributed by atoms with Gasteiger partial charge < -0.3 is 14.8 Å². The number of hydrogen-bond donors (Lipinski definition) is 2. The Morgan fingerprint density at radius 2 is 2.00 bits per heavy atom. The molecule has 2 N–H and O–H groups in total. The highest BCUT2D eigenvalue weighted by molar-refractivity contribution is 9.10. The first-order valence-corrected chi connectivity index (χ1v) is 8.59.